The fraction of sp³-hybridized carbons (Fsp3) is 0.0435. The molecule has 0 N–H and O–H groups in total. The predicted molar refractivity (Wildman–Crippen MR) is 302 cm³/mol. The second-order valence-electron chi connectivity index (χ2n) is 19.8. The van der Waals surface area contributed by atoms with E-state index < -0.39 is 0 Å². The highest BCUT2D eigenvalue weighted by Gasteiger charge is 2.36. The molecule has 334 valence electrons. The highest BCUT2D eigenvalue weighted by atomic mass is 15.0. The fourth-order valence-corrected chi connectivity index (χ4v) is 11.6. The van der Waals surface area contributed by atoms with Gasteiger partial charge in [0.15, 0.2) is 0 Å². The van der Waals surface area contributed by atoms with Crippen molar-refractivity contribution in [1.82, 2.24) is 9.13 Å². The molecule has 0 atom stereocenters. The lowest BCUT2D eigenvalue weighted by Gasteiger charge is -2.22. The molecule has 0 fully saturated rings. The zero-order chi connectivity index (χ0) is 47.2. The van der Waals surface area contributed by atoms with Gasteiger partial charge in [0.05, 0.1) is 22.1 Å². The van der Waals surface area contributed by atoms with Crippen LogP contribution in [0.4, 0.5) is 0 Å². The van der Waals surface area contributed by atoms with Crippen molar-refractivity contribution in [3.63, 3.8) is 0 Å². The maximum Gasteiger partial charge on any atom is 0.0541 e. The van der Waals surface area contributed by atoms with Crippen molar-refractivity contribution < 1.29 is 0 Å². The lowest BCUT2D eigenvalue weighted by atomic mass is 9.81. The lowest BCUT2D eigenvalue weighted by Crippen LogP contribution is -2.15. The maximum absolute atomic E-state index is 2.44. The fourth-order valence-electron chi connectivity index (χ4n) is 11.6. The summed E-state index contributed by atoms with van der Waals surface area (Å²) >= 11 is 0. The topological polar surface area (TPSA) is 9.86 Å². The Morgan fingerprint density at radius 2 is 0.718 bits per heavy atom. The second kappa shape index (κ2) is 16.1. The number of hydrogen-bond acceptors (Lipinski definition) is 0. The van der Waals surface area contributed by atoms with Gasteiger partial charge >= 0.3 is 0 Å². The van der Waals surface area contributed by atoms with Crippen LogP contribution >= 0.6 is 0 Å². The molecule has 1 aliphatic rings. The van der Waals surface area contributed by atoms with Gasteiger partial charge in [-0.15, -0.1) is 0 Å². The third kappa shape index (κ3) is 6.71. The number of rotatable bonds is 7. The largest absolute Gasteiger partial charge is 0.309 e. The minimum absolute atomic E-state index is 0.152. The standard InChI is InChI=1S/C69H48N2/c1-69(2)63-43-53(49-28-24-46(25-29-49)21-20-45-22-26-48(27-23-45)51-33-38-67-61(41-51)59-16-8-10-18-65(59)70(67)55-14-4-3-5-15-55)31-36-57(63)58-37-32-54(44-64(58)69)52-34-39-68-62(42-52)60-17-9-11-19-66(60)71(68)56-35-30-47-12-6-7-13-50(47)40-56/h3-44H,1-2H3/b21-20+. The average molecular weight is 905 g/mol. The van der Waals surface area contributed by atoms with E-state index in [0.717, 1.165) is 0 Å². The summed E-state index contributed by atoms with van der Waals surface area (Å²) in [5.74, 6) is 0. The Kier molecular flexibility index (Phi) is 9.28. The number of hydrogen-bond donors (Lipinski definition) is 0. The summed E-state index contributed by atoms with van der Waals surface area (Å²) in [6.07, 6.45) is 4.42. The summed E-state index contributed by atoms with van der Waals surface area (Å²) < 4.78 is 4.78. The van der Waals surface area contributed by atoms with E-state index in [9.17, 15) is 0 Å². The average Bonchev–Trinajstić information content (AvgIpc) is 4.02. The summed E-state index contributed by atoms with van der Waals surface area (Å²) in [5.41, 5.74) is 22.2. The van der Waals surface area contributed by atoms with Crippen LogP contribution in [-0.2, 0) is 5.41 Å². The molecule has 0 radical (unpaired) electrons. The van der Waals surface area contributed by atoms with E-state index in [-0.39, 0.29) is 5.41 Å². The van der Waals surface area contributed by atoms with E-state index in [4.69, 9.17) is 0 Å². The Morgan fingerprint density at radius 1 is 0.296 bits per heavy atom. The first-order valence-corrected chi connectivity index (χ1v) is 24.7. The molecule has 2 aromatic heterocycles. The van der Waals surface area contributed by atoms with Gasteiger partial charge in [-0.05, 0) is 150 Å². The molecule has 13 aromatic rings. The maximum atomic E-state index is 2.44. The van der Waals surface area contributed by atoms with Crippen molar-refractivity contribution in [3.05, 3.63) is 265 Å². The number of fused-ring (bicyclic) bond motifs is 10. The third-order valence-corrected chi connectivity index (χ3v) is 15.3. The first-order valence-electron chi connectivity index (χ1n) is 24.7. The van der Waals surface area contributed by atoms with Crippen molar-refractivity contribution in [3.8, 4) is 55.9 Å². The third-order valence-electron chi connectivity index (χ3n) is 15.3. The van der Waals surface area contributed by atoms with Crippen molar-refractivity contribution >= 4 is 66.5 Å². The molecule has 2 nitrogen and oxygen atoms in total. The number of nitrogens with zero attached hydrogens (tertiary/aromatic N) is 2. The Bertz CT molecular complexity index is 4280. The van der Waals surface area contributed by atoms with E-state index in [0.29, 0.717) is 0 Å². The molecule has 71 heavy (non-hydrogen) atoms. The molecular weight excluding hydrogens is 857 g/mol. The molecule has 1 aliphatic carbocycles. The summed E-state index contributed by atoms with van der Waals surface area (Å²) in [6, 6.07) is 89.5. The second-order valence-corrected chi connectivity index (χ2v) is 19.8. The predicted octanol–water partition coefficient (Wildman–Crippen LogP) is 18.5. The van der Waals surface area contributed by atoms with Gasteiger partial charge in [0.1, 0.15) is 0 Å². The van der Waals surface area contributed by atoms with E-state index in [1.165, 1.54) is 133 Å². The van der Waals surface area contributed by atoms with Crippen molar-refractivity contribution in [2.24, 2.45) is 0 Å². The van der Waals surface area contributed by atoms with Gasteiger partial charge in [-0.3, -0.25) is 0 Å². The molecule has 0 unspecified atom stereocenters. The normalized spacial score (nSPS) is 13.0. The lowest BCUT2D eigenvalue weighted by molar-refractivity contribution is 0.661. The number of aromatic nitrogens is 2. The molecule has 14 rings (SSSR count). The van der Waals surface area contributed by atoms with Gasteiger partial charge < -0.3 is 9.13 Å². The van der Waals surface area contributed by atoms with Crippen LogP contribution < -0.4 is 0 Å². The summed E-state index contributed by atoms with van der Waals surface area (Å²) in [6.45, 7) is 4.77. The Balaban J connectivity index is 0.706. The smallest absolute Gasteiger partial charge is 0.0541 e. The zero-order valence-electron chi connectivity index (χ0n) is 39.6. The monoisotopic (exact) mass is 904 g/mol. The van der Waals surface area contributed by atoms with Gasteiger partial charge in [-0.2, -0.15) is 0 Å². The molecule has 0 saturated heterocycles. The summed E-state index contributed by atoms with van der Waals surface area (Å²) in [7, 11) is 0. The summed E-state index contributed by atoms with van der Waals surface area (Å²) in [5, 5.41) is 7.57. The molecular formula is C69H48N2. The molecule has 2 heterocycles. The van der Waals surface area contributed by atoms with E-state index in [1.807, 2.05) is 0 Å². The van der Waals surface area contributed by atoms with Crippen LogP contribution in [0.1, 0.15) is 36.1 Å². The van der Waals surface area contributed by atoms with Crippen LogP contribution in [0.2, 0.25) is 0 Å². The zero-order valence-corrected chi connectivity index (χ0v) is 39.6. The first-order chi connectivity index (χ1) is 34.9. The Hall–Kier alpha value is -8.98. The highest BCUT2D eigenvalue weighted by Crippen LogP contribution is 2.51. The van der Waals surface area contributed by atoms with Crippen molar-refractivity contribution in [2.45, 2.75) is 19.3 Å². The van der Waals surface area contributed by atoms with Crippen LogP contribution in [0, 0.1) is 0 Å². The van der Waals surface area contributed by atoms with Crippen LogP contribution in [0.5, 0.6) is 0 Å². The highest BCUT2D eigenvalue weighted by molar-refractivity contribution is 6.12. The molecule has 0 spiro atoms. The van der Waals surface area contributed by atoms with Gasteiger partial charge in [0.25, 0.3) is 0 Å². The van der Waals surface area contributed by atoms with E-state index >= 15 is 0 Å². The molecule has 0 aliphatic heterocycles. The number of benzene rings is 11. The Labute approximate surface area is 413 Å². The first kappa shape index (κ1) is 41.0. The van der Waals surface area contributed by atoms with Crippen molar-refractivity contribution in [2.75, 3.05) is 0 Å². The molecule has 11 aromatic carbocycles. The van der Waals surface area contributed by atoms with E-state index in [2.05, 4.69) is 278 Å². The van der Waals surface area contributed by atoms with Crippen LogP contribution in [0.15, 0.2) is 243 Å². The quantitative estimate of drug-likeness (QED) is 0.141. The van der Waals surface area contributed by atoms with Crippen LogP contribution in [-0.4, -0.2) is 9.13 Å². The van der Waals surface area contributed by atoms with Crippen LogP contribution in [0.3, 0.4) is 0 Å². The van der Waals surface area contributed by atoms with Crippen molar-refractivity contribution in [1.29, 1.82) is 0 Å². The van der Waals surface area contributed by atoms with Gasteiger partial charge in [-0.1, -0.05) is 196 Å². The van der Waals surface area contributed by atoms with E-state index in [1.54, 1.807) is 0 Å². The molecule has 0 saturated carbocycles. The molecule has 0 amide bonds. The summed E-state index contributed by atoms with van der Waals surface area (Å²) in [4.78, 5) is 0. The van der Waals surface area contributed by atoms with Gasteiger partial charge in [-0.25, -0.2) is 0 Å². The minimum Gasteiger partial charge on any atom is -0.309 e. The number of para-hydroxylation sites is 3. The van der Waals surface area contributed by atoms with Crippen LogP contribution in [0.25, 0.3) is 122 Å². The molecule has 0 bridgehead atoms. The molecule has 2 heteroatoms. The minimum atomic E-state index is -0.152. The SMILES string of the molecule is CC1(C)c2cc(-c3ccc(/C=C/c4ccc(-c5ccc6c(c5)c5ccccc5n6-c5ccccc5)cc4)cc3)ccc2-c2ccc(-c3ccc4c(c3)c3ccccc3n4-c3ccc4ccccc4c3)cc21. The van der Waals surface area contributed by atoms with Gasteiger partial charge in [0, 0.05) is 38.3 Å². The Morgan fingerprint density at radius 3 is 1.30 bits per heavy atom. The van der Waals surface area contributed by atoms with Gasteiger partial charge in [0.2, 0.25) is 0 Å².